The van der Waals surface area contributed by atoms with Crippen LogP contribution in [-0.4, -0.2) is 52.2 Å². The van der Waals surface area contributed by atoms with E-state index in [9.17, 15) is 26.9 Å². The van der Waals surface area contributed by atoms with Crippen LogP contribution in [0.15, 0.2) is 122 Å². The quantitative estimate of drug-likeness (QED) is 0.0728. The van der Waals surface area contributed by atoms with Crippen LogP contribution in [0.5, 0.6) is 5.88 Å². The Balaban J connectivity index is 0.000000181. The van der Waals surface area contributed by atoms with E-state index in [0.717, 1.165) is 91.7 Å². The number of alkyl halides is 3. The van der Waals surface area contributed by atoms with Gasteiger partial charge in [-0.1, -0.05) is 94.8 Å². The van der Waals surface area contributed by atoms with Crippen LogP contribution in [0.3, 0.4) is 0 Å². The Kier molecular flexibility index (Phi) is 18.2. The van der Waals surface area contributed by atoms with E-state index in [1.165, 1.54) is 22.3 Å². The molecule has 6 aromatic carbocycles. The topological polar surface area (TPSA) is 161 Å². The lowest BCUT2D eigenvalue weighted by Crippen LogP contribution is -2.41. The number of halogens is 3. The standard InChI is InChI=1S/C29H27N3.C21H19F3N2O3S.C15H20BNO2/c1-6-23-15-22(16-30)7-8-26(23)27-17-31-28(24-11-18(2)9-19(3)12-24)29(32-27)25-13-20(4)10-21(5)14-25;1-12-5-13(2)8-16(7-12)19-20(17-9-14(3)6-15(4)10-17)26-18(11-25-19)29-30(27,28)21(22,23)24;1-6-12-9-11(10-17)7-8-13(12)16-18-14(2,3)15(4,5)19-16/h7-15,17H,6H2,1-5H3;5-11H,1-4H3;7-9H,6H2,1-5H3. The molecule has 1 saturated heterocycles. The summed E-state index contributed by atoms with van der Waals surface area (Å²) >= 11 is 0. The van der Waals surface area contributed by atoms with Crippen LogP contribution in [0, 0.1) is 78.1 Å². The molecule has 16 heteroatoms. The molecule has 0 spiro atoms. The van der Waals surface area contributed by atoms with Crippen molar-refractivity contribution in [1.82, 2.24) is 19.9 Å². The zero-order valence-electron chi connectivity index (χ0n) is 48.3. The molecule has 0 aliphatic carbocycles. The van der Waals surface area contributed by atoms with E-state index >= 15 is 0 Å². The fourth-order valence-corrected chi connectivity index (χ4v) is 10.1. The van der Waals surface area contributed by atoms with Crippen molar-refractivity contribution in [2.75, 3.05) is 0 Å². The molecular formula is C65H66BF3N6O5S. The molecule has 81 heavy (non-hydrogen) atoms. The van der Waals surface area contributed by atoms with Gasteiger partial charge in [0.1, 0.15) is 5.69 Å². The highest BCUT2D eigenvalue weighted by Gasteiger charge is 2.52. The molecule has 0 unspecified atom stereocenters. The lowest BCUT2D eigenvalue weighted by Gasteiger charge is -2.32. The number of hydrogen-bond acceptors (Lipinski definition) is 11. The molecule has 0 saturated carbocycles. The molecule has 2 aromatic heterocycles. The van der Waals surface area contributed by atoms with Crippen LogP contribution in [0.4, 0.5) is 13.2 Å². The summed E-state index contributed by atoms with van der Waals surface area (Å²) in [5, 5.41) is 18.3. The molecule has 3 heterocycles. The molecule has 0 atom stereocenters. The highest BCUT2D eigenvalue weighted by molar-refractivity contribution is 7.88. The van der Waals surface area contributed by atoms with Crippen LogP contribution >= 0.6 is 0 Å². The summed E-state index contributed by atoms with van der Waals surface area (Å²) in [6.45, 7) is 28.4. The monoisotopic (exact) mass is 1110 g/mol. The van der Waals surface area contributed by atoms with Gasteiger partial charge in [0.2, 0.25) is 0 Å². The maximum absolute atomic E-state index is 12.7. The Morgan fingerprint density at radius 3 is 1.30 bits per heavy atom. The summed E-state index contributed by atoms with van der Waals surface area (Å²) in [5.74, 6) is -0.755. The van der Waals surface area contributed by atoms with Crippen molar-refractivity contribution >= 4 is 22.7 Å². The number of hydrogen-bond donors (Lipinski definition) is 0. The summed E-state index contributed by atoms with van der Waals surface area (Å²) < 4.78 is 77.3. The molecule has 416 valence electrons. The second-order valence-electron chi connectivity index (χ2n) is 21.7. The van der Waals surface area contributed by atoms with E-state index in [1.54, 1.807) is 12.1 Å². The van der Waals surface area contributed by atoms with Gasteiger partial charge in [-0.25, -0.2) is 15.0 Å². The van der Waals surface area contributed by atoms with Crippen LogP contribution < -0.4 is 9.65 Å². The first-order valence-corrected chi connectivity index (χ1v) is 28.0. The first-order valence-electron chi connectivity index (χ1n) is 26.6. The highest BCUT2D eigenvalue weighted by atomic mass is 32.2. The molecule has 0 radical (unpaired) electrons. The van der Waals surface area contributed by atoms with Gasteiger partial charge >= 0.3 is 22.7 Å². The summed E-state index contributed by atoms with van der Waals surface area (Å²) in [7, 11) is -6.21. The average Bonchev–Trinajstić information content (AvgIpc) is 3.85. The van der Waals surface area contributed by atoms with Gasteiger partial charge in [0, 0.05) is 27.8 Å². The van der Waals surface area contributed by atoms with Gasteiger partial charge < -0.3 is 13.5 Å². The SMILES string of the molecule is CCc1cc(C#N)ccc1-c1cnc(-c2cc(C)cc(C)c2)c(-c2cc(C)cc(C)c2)n1.CCc1cc(C#N)ccc1B1OC(C)(C)C(C)(C)O1.Cc1cc(C)cc(-c2ncc(OS(=O)(=O)C(F)(F)F)nc2-c2cc(C)cc(C)c2)c1. The normalized spacial score (nSPS) is 13.5. The third-order valence-electron chi connectivity index (χ3n) is 14.0. The molecule has 0 amide bonds. The Morgan fingerprint density at radius 2 is 0.901 bits per heavy atom. The Bertz CT molecular complexity index is 3790. The summed E-state index contributed by atoms with van der Waals surface area (Å²) in [4.78, 5) is 18.4. The van der Waals surface area contributed by atoms with Crippen LogP contribution in [0.25, 0.3) is 56.3 Å². The van der Waals surface area contributed by atoms with Crippen LogP contribution in [0.2, 0.25) is 0 Å². The van der Waals surface area contributed by atoms with E-state index in [4.69, 9.17) is 24.5 Å². The summed E-state index contributed by atoms with van der Waals surface area (Å²) in [6.07, 6.45) is 4.42. The van der Waals surface area contributed by atoms with E-state index in [0.29, 0.717) is 27.9 Å². The van der Waals surface area contributed by atoms with Gasteiger partial charge in [0.15, 0.2) is 0 Å². The fraction of sp³-hybridized carbons (Fsp3) is 0.292. The molecule has 8 aromatic rings. The zero-order chi connectivity index (χ0) is 59.4. The van der Waals surface area contributed by atoms with Crippen molar-refractivity contribution in [1.29, 1.82) is 10.5 Å². The first-order chi connectivity index (χ1) is 38.0. The lowest BCUT2D eigenvalue weighted by atomic mass is 9.75. The maximum atomic E-state index is 12.7. The number of aryl methyl sites for hydroxylation is 10. The van der Waals surface area contributed by atoms with Crippen LogP contribution in [-0.2, 0) is 32.3 Å². The number of benzene rings is 6. The first kappa shape index (κ1) is 60.6. The van der Waals surface area contributed by atoms with E-state index in [1.807, 2.05) is 122 Å². The van der Waals surface area contributed by atoms with Crippen molar-refractivity contribution < 1.29 is 35.1 Å². The predicted octanol–water partition coefficient (Wildman–Crippen LogP) is 14.8. The number of aromatic nitrogens is 4. The van der Waals surface area contributed by atoms with Crippen molar-refractivity contribution in [3.05, 3.63) is 188 Å². The van der Waals surface area contributed by atoms with Gasteiger partial charge in [0.05, 0.1) is 69.6 Å². The Hall–Kier alpha value is -8.02. The smallest absolute Gasteiger partial charge is 0.399 e. The van der Waals surface area contributed by atoms with Crippen molar-refractivity contribution in [2.24, 2.45) is 0 Å². The predicted molar refractivity (Wildman–Crippen MR) is 315 cm³/mol. The largest absolute Gasteiger partial charge is 0.534 e. The lowest BCUT2D eigenvalue weighted by molar-refractivity contribution is -0.0501. The van der Waals surface area contributed by atoms with E-state index in [-0.39, 0.29) is 24.0 Å². The van der Waals surface area contributed by atoms with Gasteiger partial charge in [-0.2, -0.15) is 32.1 Å². The average molecular weight is 1110 g/mol. The van der Waals surface area contributed by atoms with Gasteiger partial charge in [-0.3, -0.25) is 4.98 Å². The van der Waals surface area contributed by atoms with Crippen molar-refractivity contribution in [2.45, 2.75) is 126 Å². The molecule has 1 fully saturated rings. The molecule has 9 rings (SSSR count). The molecule has 11 nitrogen and oxygen atoms in total. The van der Waals surface area contributed by atoms with Gasteiger partial charge in [0.25, 0.3) is 5.88 Å². The number of rotatable bonds is 10. The third kappa shape index (κ3) is 14.3. The molecule has 1 aliphatic heterocycles. The summed E-state index contributed by atoms with van der Waals surface area (Å²) in [5.41, 5.74) is 14.6. The van der Waals surface area contributed by atoms with Gasteiger partial charge in [-0.05, 0) is 185 Å². The van der Waals surface area contributed by atoms with Crippen LogP contribution in [0.1, 0.15) is 108 Å². The minimum Gasteiger partial charge on any atom is -0.399 e. The second kappa shape index (κ2) is 24.4. The summed E-state index contributed by atoms with van der Waals surface area (Å²) in [6, 6.07) is 40.1. The number of nitriles is 2. The minimum atomic E-state index is -5.86. The maximum Gasteiger partial charge on any atom is 0.534 e. The highest BCUT2D eigenvalue weighted by Crippen LogP contribution is 2.38. The van der Waals surface area contributed by atoms with Crippen molar-refractivity contribution in [3.63, 3.8) is 0 Å². The minimum absolute atomic E-state index is 0.224. The van der Waals surface area contributed by atoms with Crippen molar-refractivity contribution in [3.8, 4) is 74.3 Å². The molecule has 0 bridgehead atoms. The van der Waals surface area contributed by atoms with E-state index < -0.39 is 21.5 Å². The number of nitrogens with zero attached hydrogens (tertiary/aromatic N) is 6. The zero-order valence-corrected chi connectivity index (χ0v) is 49.1. The molecule has 1 aliphatic rings. The molecule has 0 N–H and O–H groups in total. The fourth-order valence-electron chi connectivity index (χ4n) is 9.75. The third-order valence-corrected chi connectivity index (χ3v) is 15.0. The Labute approximate surface area is 475 Å². The second-order valence-corrected chi connectivity index (χ2v) is 23.2. The Morgan fingerprint density at radius 1 is 0.531 bits per heavy atom. The van der Waals surface area contributed by atoms with Gasteiger partial charge in [-0.15, -0.1) is 0 Å². The molecular weight excluding hydrogens is 1040 g/mol. The van der Waals surface area contributed by atoms with E-state index in [2.05, 4.69) is 104 Å².